The van der Waals surface area contributed by atoms with Crippen LogP contribution in [0, 0.1) is 5.82 Å². The van der Waals surface area contributed by atoms with Crippen molar-refractivity contribution in [1.29, 1.82) is 0 Å². The maximum absolute atomic E-state index is 13.1. The highest BCUT2D eigenvalue weighted by Crippen LogP contribution is 2.22. The van der Waals surface area contributed by atoms with E-state index in [4.69, 9.17) is 0 Å². The van der Waals surface area contributed by atoms with Crippen LogP contribution in [0.25, 0.3) is 0 Å². The van der Waals surface area contributed by atoms with Gasteiger partial charge in [0.2, 0.25) is 0 Å². The van der Waals surface area contributed by atoms with Gasteiger partial charge in [-0.25, -0.2) is 14.2 Å². The molecule has 2 aromatic rings. The molecule has 4 rings (SSSR count). The minimum atomic E-state index is -0.210. The van der Waals surface area contributed by atoms with Gasteiger partial charge in [-0.05, 0) is 49.2 Å². The predicted octanol–water partition coefficient (Wildman–Crippen LogP) is 2.83. The summed E-state index contributed by atoms with van der Waals surface area (Å²) in [6, 6.07) is 10.6. The number of hydrogen-bond acceptors (Lipinski definition) is 4. The summed E-state index contributed by atoms with van der Waals surface area (Å²) >= 11 is 0. The number of piperazine rings is 1. The van der Waals surface area contributed by atoms with E-state index in [0.29, 0.717) is 11.9 Å². The van der Waals surface area contributed by atoms with Crippen LogP contribution in [0.4, 0.5) is 26.4 Å². The van der Waals surface area contributed by atoms with E-state index in [-0.39, 0.29) is 11.8 Å². The van der Waals surface area contributed by atoms with Gasteiger partial charge in [-0.1, -0.05) is 0 Å². The van der Waals surface area contributed by atoms with E-state index in [0.717, 1.165) is 50.4 Å². The van der Waals surface area contributed by atoms with Crippen molar-refractivity contribution in [2.45, 2.75) is 18.9 Å². The van der Waals surface area contributed by atoms with Crippen molar-refractivity contribution in [2.75, 3.05) is 41.3 Å². The van der Waals surface area contributed by atoms with E-state index >= 15 is 0 Å². The Morgan fingerprint density at radius 3 is 2.15 bits per heavy atom. The lowest BCUT2D eigenvalue weighted by Gasteiger charge is -2.37. The van der Waals surface area contributed by atoms with Crippen molar-refractivity contribution in [3.8, 4) is 0 Å². The van der Waals surface area contributed by atoms with Crippen LogP contribution in [0.5, 0.6) is 0 Å². The minimum Gasteiger partial charge on any atom is -0.368 e. The summed E-state index contributed by atoms with van der Waals surface area (Å²) in [5.74, 6) is 0.342. The first-order valence-corrected chi connectivity index (χ1v) is 8.96. The number of anilines is 3. The monoisotopic (exact) mass is 355 g/mol. The number of pyridine rings is 1. The number of rotatable bonds is 4. The number of nitrogens with one attached hydrogen (secondary N) is 2. The summed E-state index contributed by atoms with van der Waals surface area (Å²) in [5.41, 5.74) is 2.09. The zero-order valence-electron chi connectivity index (χ0n) is 14.5. The highest BCUT2D eigenvalue weighted by molar-refractivity contribution is 5.88. The molecule has 0 spiro atoms. The molecule has 6 nitrogen and oxygen atoms in total. The summed E-state index contributed by atoms with van der Waals surface area (Å²) in [6.07, 6.45) is 3.91. The lowest BCUT2D eigenvalue weighted by molar-refractivity contribution is 0.251. The number of amides is 2. The number of nitrogens with zero attached hydrogens (tertiary/aromatic N) is 3. The molecule has 1 saturated carbocycles. The third-order valence-electron chi connectivity index (χ3n) is 4.74. The SMILES string of the molecule is O=C(Nc1ccc(N2CCN(c3ccc(F)cc3)CC2)cn1)NC1CC1. The van der Waals surface area contributed by atoms with Gasteiger partial charge in [0.25, 0.3) is 0 Å². The van der Waals surface area contributed by atoms with Crippen molar-refractivity contribution in [2.24, 2.45) is 0 Å². The molecule has 1 saturated heterocycles. The maximum atomic E-state index is 13.1. The molecule has 1 aliphatic carbocycles. The van der Waals surface area contributed by atoms with E-state index in [1.807, 2.05) is 24.3 Å². The Hall–Kier alpha value is -2.83. The highest BCUT2D eigenvalue weighted by Gasteiger charge is 2.23. The smallest absolute Gasteiger partial charge is 0.320 e. The number of halogens is 1. The van der Waals surface area contributed by atoms with Gasteiger partial charge in [0, 0.05) is 37.9 Å². The van der Waals surface area contributed by atoms with Crippen LogP contribution >= 0.6 is 0 Å². The standard InChI is InChI=1S/C19H22FN5O/c20-14-1-5-16(6-2-14)24-9-11-25(12-10-24)17-7-8-18(21-13-17)23-19(26)22-15-3-4-15/h1-2,5-8,13,15H,3-4,9-12H2,(H2,21,22,23,26). The fraction of sp³-hybridized carbons (Fsp3) is 0.368. The average Bonchev–Trinajstić information content (AvgIpc) is 3.47. The van der Waals surface area contributed by atoms with E-state index in [2.05, 4.69) is 25.4 Å². The van der Waals surface area contributed by atoms with Crippen LogP contribution in [0.3, 0.4) is 0 Å². The average molecular weight is 355 g/mol. The first-order chi connectivity index (χ1) is 12.7. The van der Waals surface area contributed by atoms with Gasteiger partial charge in [0.15, 0.2) is 0 Å². The normalized spacial score (nSPS) is 17.1. The molecule has 7 heteroatoms. The topological polar surface area (TPSA) is 60.5 Å². The summed E-state index contributed by atoms with van der Waals surface area (Å²) in [7, 11) is 0. The lowest BCUT2D eigenvalue weighted by Crippen LogP contribution is -2.46. The number of benzene rings is 1. The van der Waals surface area contributed by atoms with Crippen molar-refractivity contribution in [1.82, 2.24) is 10.3 Å². The van der Waals surface area contributed by atoms with Gasteiger partial charge in [0.05, 0.1) is 11.9 Å². The molecule has 2 fully saturated rings. The van der Waals surface area contributed by atoms with Gasteiger partial charge in [-0.3, -0.25) is 5.32 Å². The number of carbonyl (C=O) groups excluding carboxylic acids is 1. The fourth-order valence-corrected chi connectivity index (χ4v) is 3.09. The van der Waals surface area contributed by atoms with Crippen LogP contribution in [0.15, 0.2) is 42.6 Å². The summed E-state index contributed by atoms with van der Waals surface area (Å²) in [5, 5.41) is 5.63. The van der Waals surface area contributed by atoms with Crippen LogP contribution in [0.2, 0.25) is 0 Å². The first kappa shape index (κ1) is 16.6. The third kappa shape index (κ3) is 4.04. The molecule has 2 N–H and O–H groups in total. The largest absolute Gasteiger partial charge is 0.368 e. The van der Waals surface area contributed by atoms with Crippen LogP contribution in [-0.4, -0.2) is 43.2 Å². The molecule has 0 atom stereocenters. The molecular formula is C19H22FN5O. The molecule has 1 aromatic heterocycles. The second kappa shape index (κ2) is 7.19. The number of carbonyl (C=O) groups is 1. The lowest BCUT2D eigenvalue weighted by atomic mass is 10.2. The van der Waals surface area contributed by atoms with Crippen molar-refractivity contribution in [3.05, 3.63) is 48.4 Å². The van der Waals surface area contributed by atoms with Crippen molar-refractivity contribution >= 4 is 23.2 Å². The number of aromatic nitrogens is 1. The van der Waals surface area contributed by atoms with Crippen LogP contribution in [0.1, 0.15) is 12.8 Å². The summed E-state index contributed by atoms with van der Waals surface area (Å²) in [4.78, 5) is 20.6. The molecule has 26 heavy (non-hydrogen) atoms. The van der Waals surface area contributed by atoms with E-state index in [9.17, 15) is 9.18 Å². The third-order valence-corrected chi connectivity index (χ3v) is 4.74. The summed E-state index contributed by atoms with van der Waals surface area (Å²) < 4.78 is 13.1. The quantitative estimate of drug-likeness (QED) is 0.885. The van der Waals surface area contributed by atoms with Gasteiger partial charge < -0.3 is 15.1 Å². The van der Waals surface area contributed by atoms with Gasteiger partial charge in [-0.2, -0.15) is 0 Å². The van der Waals surface area contributed by atoms with Gasteiger partial charge in [-0.15, -0.1) is 0 Å². The molecule has 1 aromatic carbocycles. The molecule has 2 heterocycles. The zero-order valence-corrected chi connectivity index (χ0v) is 14.5. The Labute approximate surface area is 152 Å². The Balaban J connectivity index is 1.31. The van der Waals surface area contributed by atoms with Gasteiger partial charge >= 0.3 is 6.03 Å². The highest BCUT2D eigenvalue weighted by atomic mass is 19.1. The Morgan fingerprint density at radius 1 is 0.962 bits per heavy atom. The van der Waals surface area contributed by atoms with Crippen molar-refractivity contribution < 1.29 is 9.18 Å². The Morgan fingerprint density at radius 2 is 1.58 bits per heavy atom. The fourth-order valence-electron chi connectivity index (χ4n) is 3.09. The molecule has 1 aliphatic heterocycles. The van der Waals surface area contributed by atoms with E-state index in [1.165, 1.54) is 12.1 Å². The zero-order chi connectivity index (χ0) is 17.9. The molecule has 2 amide bonds. The molecule has 136 valence electrons. The predicted molar refractivity (Wildman–Crippen MR) is 100 cm³/mol. The van der Waals surface area contributed by atoms with Crippen LogP contribution in [-0.2, 0) is 0 Å². The molecule has 0 radical (unpaired) electrons. The Bertz CT molecular complexity index is 753. The Kier molecular flexibility index (Phi) is 4.60. The second-order valence-corrected chi connectivity index (χ2v) is 6.72. The van der Waals surface area contributed by atoms with E-state index in [1.54, 1.807) is 6.20 Å². The number of hydrogen-bond donors (Lipinski definition) is 2. The second-order valence-electron chi connectivity index (χ2n) is 6.72. The van der Waals surface area contributed by atoms with Crippen LogP contribution < -0.4 is 20.4 Å². The molecule has 0 bridgehead atoms. The summed E-state index contributed by atoms with van der Waals surface area (Å²) in [6.45, 7) is 3.48. The maximum Gasteiger partial charge on any atom is 0.320 e. The van der Waals surface area contributed by atoms with Gasteiger partial charge in [0.1, 0.15) is 11.6 Å². The molecular weight excluding hydrogens is 333 g/mol. The van der Waals surface area contributed by atoms with E-state index < -0.39 is 0 Å². The van der Waals surface area contributed by atoms with Crippen molar-refractivity contribution in [3.63, 3.8) is 0 Å². The minimum absolute atomic E-state index is 0.194. The number of urea groups is 1. The first-order valence-electron chi connectivity index (χ1n) is 8.96. The molecule has 0 unspecified atom stereocenters. The molecule has 2 aliphatic rings.